The average molecular weight is 706 g/mol. The van der Waals surface area contributed by atoms with Crippen molar-refractivity contribution in [2.24, 2.45) is 17.4 Å². The number of aromatic nitrogens is 8. The van der Waals surface area contributed by atoms with Crippen LogP contribution in [-0.2, 0) is 31.0 Å². The van der Waals surface area contributed by atoms with E-state index in [1.54, 1.807) is 30.3 Å². The van der Waals surface area contributed by atoms with Gasteiger partial charge in [0.1, 0.15) is 18.2 Å². The molecular weight excluding hydrogens is 662 g/mol. The number of aryl methyl sites for hydroxylation is 5. The van der Waals surface area contributed by atoms with Crippen LogP contribution in [0.2, 0.25) is 0 Å². The van der Waals surface area contributed by atoms with Crippen LogP contribution in [-0.4, -0.2) is 74.4 Å². The number of amides is 3. The number of rotatable bonds is 13. The number of nitrogens with two attached hydrogens (primary N) is 2. The van der Waals surface area contributed by atoms with Crippen LogP contribution in [0.1, 0.15) is 58.8 Å². The Morgan fingerprint density at radius 3 is 1.81 bits per heavy atom. The summed E-state index contributed by atoms with van der Waals surface area (Å²) in [5, 5.41) is 15.9. The van der Waals surface area contributed by atoms with Crippen molar-refractivity contribution < 1.29 is 14.4 Å². The minimum absolute atomic E-state index is 0.0263. The number of hydrogen-bond donors (Lipinski definition) is 4. The Kier molecular flexibility index (Phi) is 9.13. The van der Waals surface area contributed by atoms with E-state index in [0.29, 0.717) is 72.3 Å². The topological polar surface area (TPSA) is 202 Å². The largest absolute Gasteiger partial charge is 0.366 e. The summed E-state index contributed by atoms with van der Waals surface area (Å²) in [5.41, 5.74) is 16.4. The van der Waals surface area contributed by atoms with Gasteiger partial charge in [-0.05, 0) is 82.9 Å². The summed E-state index contributed by atoms with van der Waals surface area (Å²) < 4.78 is 7.68. The molecule has 0 saturated carbocycles. The third-order valence-electron chi connectivity index (χ3n) is 9.64. The van der Waals surface area contributed by atoms with Crippen molar-refractivity contribution in [1.29, 1.82) is 0 Å². The molecule has 270 valence electrons. The van der Waals surface area contributed by atoms with Crippen molar-refractivity contribution in [3.05, 3.63) is 71.0 Å². The number of hydrogen-bond acceptors (Lipinski definition) is 9. The molecule has 0 bridgehead atoms. The Morgan fingerprint density at radius 2 is 1.29 bits per heavy atom. The van der Waals surface area contributed by atoms with Crippen molar-refractivity contribution in [2.45, 2.75) is 66.7 Å². The highest BCUT2D eigenvalue weighted by Gasteiger charge is 2.28. The number of likely N-dealkylation sites (tertiary alicyclic amines) is 1. The van der Waals surface area contributed by atoms with Crippen molar-refractivity contribution in [3.63, 3.8) is 0 Å². The van der Waals surface area contributed by atoms with Crippen LogP contribution < -0.4 is 22.1 Å². The molecule has 0 unspecified atom stereocenters. The predicted molar refractivity (Wildman–Crippen MR) is 198 cm³/mol. The summed E-state index contributed by atoms with van der Waals surface area (Å²) >= 11 is 0. The third kappa shape index (κ3) is 6.66. The molecule has 6 N–H and O–H groups in total. The lowest BCUT2D eigenvalue weighted by Crippen LogP contribution is -2.32. The standard InChI is InChI=1S/C36H43N13O3/c1-5-48-30(15-21(3)43-48)41-35-39-26-17-24(33(37)51)7-9-28(26)46(35)14-12-23-11-13-45(19-23)32(50)20-47-29-10-8-25(34(38)52)18-27(29)40-36(47)42-31-16-22(4)44-49(31)6-2/h7-10,15-18,23H,5-6,11-14,19-20H2,1-4H3,(H2,37,51)(H2,38,52)(H,39,41)(H,40,42)/t23-/m1/s1. The monoisotopic (exact) mass is 705 g/mol. The molecule has 7 rings (SSSR count). The molecule has 0 aliphatic carbocycles. The molecular formula is C36H43N13O3. The fourth-order valence-electron chi connectivity index (χ4n) is 6.99. The number of fused-ring (bicyclic) bond motifs is 2. The Bertz CT molecular complexity index is 2330. The van der Waals surface area contributed by atoms with E-state index in [9.17, 15) is 14.4 Å². The first kappa shape index (κ1) is 34.3. The van der Waals surface area contributed by atoms with Crippen LogP contribution in [0.5, 0.6) is 0 Å². The summed E-state index contributed by atoms with van der Waals surface area (Å²) in [6.07, 6.45) is 1.67. The molecule has 1 aliphatic heterocycles. The molecule has 52 heavy (non-hydrogen) atoms. The van der Waals surface area contributed by atoms with Gasteiger partial charge in [-0.3, -0.25) is 14.4 Å². The van der Waals surface area contributed by atoms with Gasteiger partial charge in [0.15, 0.2) is 0 Å². The number of carbonyl (C=O) groups is 3. The summed E-state index contributed by atoms with van der Waals surface area (Å²) in [6.45, 7) is 11.2. The van der Waals surface area contributed by atoms with Crippen molar-refractivity contribution >= 4 is 63.3 Å². The quantitative estimate of drug-likeness (QED) is 0.137. The number of nitrogens with one attached hydrogen (secondary N) is 2. The Hall–Kier alpha value is -6.19. The van der Waals surface area contributed by atoms with Crippen LogP contribution in [0.3, 0.4) is 0 Å². The van der Waals surface area contributed by atoms with Gasteiger partial charge >= 0.3 is 0 Å². The Morgan fingerprint density at radius 1 is 0.769 bits per heavy atom. The highest BCUT2D eigenvalue weighted by molar-refractivity contribution is 5.97. The highest BCUT2D eigenvalue weighted by Crippen LogP contribution is 2.29. The van der Waals surface area contributed by atoms with E-state index in [1.807, 2.05) is 64.7 Å². The van der Waals surface area contributed by atoms with Crippen LogP contribution in [0.25, 0.3) is 22.1 Å². The molecule has 1 saturated heterocycles. The zero-order chi connectivity index (χ0) is 36.7. The van der Waals surface area contributed by atoms with Gasteiger partial charge in [0, 0.05) is 56.0 Å². The summed E-state index contributed by atoms with van der Waals surface area (Å²) in [4.78, 5) is 49.3. The number of carbonyl (C=O) groups excluding carboxylic acids is 3. The van der Waals surface area contributed by atoms with Crippen LogP contribution >= 0.6 is 0 Å². The molecule has 5 heterocycles. The number of imidazole rings is 2. The lowest BCUT2D eigenvalue weighted by Gasteiger charge is -2.19. The third-order valence-corrected chi connectivity index (χ3v) is 9.64. The normalized spacial score (nSPS) is 14.5. The molecule has 2 aromatic carbocycles. The van der Waals surface area contributed by atoms with E-state index >= 15 is 0 Å². The van der Waals surface area contributed by atoms with Gasteiger partial charge < -0.3 is 36.1 Å². The zero-order valence-corrected chi connectivity index (χ0v) is 29.8. The second-order valence-electron chi connectivity index (χ2n) is 13.3. The van der Waals surface area contributed by atoms with Gasteiger partial charge in [-0.25, -0.2) is 19.3 Å². The Labute approximate surface area is 299 Å². The maximum Gasteiger partial charge on any atom is 0.248 e. The van der Waals surface area contributed by atoms with Gasteiger partial charge in [-0.15, -0.1) is 0 Å². The van der Waals surface area contributed by atoms with Gasteiger partial charge in [0.2, 0.25) is 29.6 Å². The zero-order valence-electron chi connectivity index (χ0n) is 29.8. The first-order chi connectivity index (χ1) is 25.0. The van der Waals surface area contributed by atoms with E-state index < -0.39 is 11.8 Å². The predicted octanol–water partition coefficient (Wildman–Crippen LogP) is 4.06. The Balaban J connectivity index is 1.09. The smallest absolute Gasteiger partial charge is 0.248 e. The van der Waals surface area contributed by atoms with Gasteiger partial charge in [-0.1, -0.05) is 0 Å². The molecule has 0 spiro atoms. The number of nitrogens with zero attached hydrogens (tertiary/aromatic N) is 9. The number of benzene rings is 2. The number of anilines is 4. The minimum Gasteiger partial charge on any atom is -0.366 e. The molecule has 0 radical (unpaired) electrons. The number of primary amides is 2. The molecule has 6 aromatic rings. The van der Waals surface area contributed by atoms with Gasteiger partial charge in [-0.2, -0.15) is 10.2 Å². The molecule has 4 aromatic heterocycles. The van der Waals surface area contributed by atoms with E-state index in [1.165, 1.54) is 0 Å². The first-order valence-electron chi connectivity index (χ1n) is 17.5. The van der Waals surface area contributed by atoms with E-state index in [4.69, 9.17) is 21.4 Å². The molecule has 3 amide bonds. The van der Waals surface area contributed by atoms with Crippen LogP contribution in [0.4, 0.5) is 23.5 Å². The maximum absolute atomic E-state index is 13.9. The SMILES string of the molecule is CCn1nc(C)cc1Nc1nc2cc(C(N)=O)ccc2n1CC[C@H]1CCN(C(=O)Cn2c(Nc3cc(C)nn3CC)nc3cc(C(N)=O)ccc32)C1. The van der Waals surface area contributed by atoms with E-state index in [0.717, 1.165) is 41.4 Å². The van der Waals surface area contributed by atoms with Crippen LogP contribution in [0, 0.1) is 19.8 Å². The average Bonchev–Trinajstić information content (AvgIpc) is 3.94. The van der Waals surface area contributed by atoms with Crippen molar-refractivity contribution in [3.8, 4) is 0 Å². The first-order valence-corrected chi connectivity index (χ1v) is 17.5. The second-order valence-corrected chi connectivity index (χ2v) is 13.3. The summed E-state index contributed by atoms with van der Waals surface area (Å²) in [7, 11) is 0. The van der Waals surface area contributed by atoms with Gasteiger partial charge in [0.05, 0.1) is 33.5 Å². The molecule has 16 heteroatoms. The van der Waals surface area contributed by atoms with Gasteiger partial charge in [0.25, 0.3) is 0 Å². The molecule has 1 aliphatic rings. The van der Waals surface area contributed by atoms with E-state index in [-0.39, 0.29) is 18.4 Å². The molecule has 16 nitrogen and oxygen atoms in total. The lowest BCUT2D eigenvalue weighted by atomic mass is 10.1. The van der Waals surface area contributed by atoms with E-state index in [2.05, 4.69) is 25.4 Å². The highest BCUT2D eigenvalue weighted by atomic mass is 16.2. The molecule has 1 fully saturated rings. The minimum atomic E-state index is -0.547. The van der Waals surface area contributed by atoms with Crippen molar-refractivity contribution in [1.82, 2.24) is 43.6 Å². The summed E-state index contributed by atoms with van der Waals surface area (Å²) in [6, 6.07) is 14.3. The second kappa shape index (κ2) is 13.8. The molecule has 1 atom stereocenters. The fourth-order valence-corrected chi connectivity index (χ4v) is 6.99. The fraction of sp³-hybridized carbons (Fsp3) is 0.361. The lowest BCUT2D eigenvalue weighted by molar-refractivity contribution is -0.130. The summed E-state index contributed by atoms with van der Waals surface area (Å²) in [5.74, 6) is 1.87. The van der Waals surface area contributed by atoms with Crippen molar-refractivity contribution in [2.75, 3.05) is 23.7 Å². The van der Waals surface area contributed by atoms with Crippen LogP contribution in [0.15, 0.2) is 48.5 Å². The maximum atomic E-state index is 13.9.